The minimum atomic E-state index is -4.79. The average Bonchev–Trinajstić information content (AvgIpc) is 2.79. The standard InChI is InChI=1S/C24H23ClF3NO4/c1-13-11-15(30-2)21(32-4)22(33-5)17(13)18(14-9-7-6-8-10-14)19-16(31-3)12-29-23(25)20(19)24(26,27)28/h6-12,18H,1-5H3. The molecule has 0 fully saturated rings. The minimum Gasteiger partial charge on any atom is -0.495 e. The Hall–Kier alpha value is -3.13. The Morgan fingerprint density at radius 1 is 0.848 bits per heavy atom. The first-order chi connectivity index (χ1) is 15.7. The summed E-state index contributed by atoms with van der Waals surface area (Å²) in [6, 6.07) is 10.4. The van der Waals surface area contributed by atoms with Crippen molar-refractivity contribution < 1.29 is 32.1 Å². The van der Waals surface area contributed by atoms with E-state index in [0.717, 1.165) is 0 Å². The third-order valence-corrected chi connectivity index (χ3v) is 5.61. The SMILES string of the molecule is COc1cc(C)c(C(c2ccccc2)c2c(OC)cnc(Cl)c2C(F)(F)F)c(OC)c1OC. The number of methoxy groups -OCH3 is 4. The molecule has 0 aliphatic carbocycles. The van der Waals surface area contributed by atoms with Gasteiger partial charge in [0.2, 0.25) is 5.75 Å². The molecule has 0 aliphatic heterocycles. The molecule has 1 aromatic heterocycles. The molecule has 3 rings (SSSR count). The molecule has 1 heterocycles. The number of aromatic nitrogens is 1. The summed E-state index contributed by atoms with van der Waals surface area (Å²) >= 11 is 6.02. The maximum atomic E-state index is 14.3. The van der Waals surface area contributed by atoms with Crippen LogP contribution in [0.15, 0.2) is 42.6 Å². The van der Waals surface area contributed by atoms with Crippen LogP contribution in [0, 0.1) is 6.92 Å². The lowest BCUT2D eigenvalue weighted by Gasteiger charge is -2.28. The van der Waals surface area contributed by atoms with E-state index >= 15 is 0 Å². The topological polar surface area (TPSA) is 49.8 Å². The van der Waals surface area contributed by atoms with E-state index in [4.69, 9.17) is 30.5 Å². The molecule has 0 radical (unpaired) electrons. The number of hydrogen-bond donors (Lipinski definition) is 0. The van der Waals surface area contributed by atoms with Gasteiger partial charge >= 0.3 is 6.18 Å². The van der Waals surface area contributed by atoms with Gasteiger partial charge in [0.05, 0.1) is 34.6 Å². The Morgan fingerprint density at radius 2 is 1.45 bits per heavy atom. The number of rotatable bonds is 7. The van der Waals surface area contributed by atoms with Gasteiger partial charge in [0.1, 0.15) is 16.5 Å². The maximum absolute atomic E-state index is 14.3. The largest absolute Gasteiger partial charge is 0.495 e. The first-order valence-corrected chi connectivity index (χ1v) is 10.2. The molecule has 1 atom stereocenters. The van der Waals surface area contributed by atoms with Gasteiger partial charge in [-0.05, 0) is 24.1 Å². The van der Waals surface area contributed by atoms with Crippen LogP contribution in [-0.4, -0.2) is 33.4 Å². The number of hydrogen-bond acceptors (Lipinski definition) is 5. The van der Waals surface area contributed by atoms with Gasteiger partial charge in [-0.1, -0.05) is 41.9 Å². The van der Waals surface area contributed by atoms with Crippen LogP contribution >= 0.6 is 11.6 Å². The van der Waals surface area contributed by atoms with Crippen molar-refractivity contribution in [3.05, 3.63) is 75.6 Å². The predicted octanol–water partition coefficient (Wildman–Crippen LogP) is 6.28. The number of ether oxygens (including phenoxy) is 4. The van der Waals surface area contributed by atoms with Gasteiger partial charge in [-0.15, -0.1) is 0 Å². The summed E-state index contributed by atoms with van der Waals surface area (Å²) in [5.41, 5.74) is 0.393. The van der Waals surface area contributed by atoms with Crippen molar-refractivity contribution in [1.29, 1.82) is 0 Å². The molecular formula is C24H23ClF3NO4. The van der Waals surface area contributed by atoms with Crippen LogP contribution in [0.3, 0.4) is 0 Å². The van der Waals surface area contributed by atoms with E-state index in [9.17, 15) is 13.2 Å². The van der Waals surface area contributed by atoms with Crippen LogP contribution in [0.25, 0.3) is 0 Å². The van der Waals surface area contributed by atoms with Crippen LogP contribution < -0.4 is 18.9 Å². The van der Waals surface area contributed by atoms with Crippen molar-refractivity contribution in [3.8, 4) is 23.0 Å². The summed E-state index contributed by atoms with van der Waals surface area (Å²) in [5, 5.41) is -0.670. The smallest absolute Gasteiger partial charge is 0.419 e. The molecule has 0 saturated carbocycles. The van der Waals surface area contributed by atoms with Gasteiger partial charge in [-0.2, -0.15) is 13.2 Å². The zero-order valence-corrected chi connectivity index (χ0v) is 19.5. The van der Waals surface area contributed by atoms with E-state index in [1.165, 1.54) is 34.6 Å². The molecule has 176 valence electrons. The van der Waals surface area contributed by atoms with E-state index in [1.807, 2.05) is 0 Å². The van der Waals surface area contributed by atoms with E-state index in [2.05, 4.69) is 4.98 Å². The minimum absolute atomic E-state index is 0.0585. The Balaban J connectivity index is 2.54. The highest BCUT2D eigenvalue weighted by Gasteiger charge is 2.42. The van der Waals surface area contributed by atoms with Crippen molar-refractivity contribution in [2.24, 2.45) is 0 Å². The molecule has 0 aliphatic rings. The number of alkyl halides is 3. The highest BCUT2D eigenvalue weighted by atomic mass is 35.5. The Kier molecular flexibility index (Phi) is 7.27. The summed E-state index contributed by atoms with van der Waals surface area (Å²) in [6.45, 7) is 1.76. The fourth-order valence-corrected chi connectivity index (χ4v) is 4.24. The van der Waals surface area contributed by atoms with Crippen molar-refractivity contribution in [2.45, 2.75) is 19.0 Å². The maximum Gasteiger partial charge on any atom is 0.419 e. The zero-order chi connectivity index (χ0) is 24.3. The Bertz CT molecular complexity index is 1140. The second-order valence-electron chi connectivity index (χ2n) is 7.12. The number of halogens is 4. The molecule has 1 unspecified atom stereocenters. The van der Waals surface area contributed by atoms with Crippen molar-refractivity contribution >= 4 is 11.6 Å². The van der Waals surface area contributed by atoms with Crippen LogP contribution in [0.5, 0.6) is 23.0 Å². The molecular weight excluding hydrogens is 459 g/mol. The third-order valence-electron chi connectivity index (χ3n) is 5.33. The Labute approximate surface area is 195 Å². The number of benzene rings is 2. The van der Waals surface area contributed by atoms with Gasteiger partial charge in [-0.25, -0.2) is 4.98 Å². The molecule has 2 aromatic carbocycles. The molecule has 0 saturated heterocycles. The summed E-state index contributed by atoms with van der Waals surface area (Å²) in [7, 11) is 5.61. The van der Waals surface area contributed by atoms with E-state index in [0.29, 0.717) is 22.4 Å². The van der Waals surface area contributed by atoms with Crippen LogP contribution in [0.2, 0.25) is 5.15 Å². The van der Waals surface area contributed by atoms with Crippen molar-refractivity contribution in [2.75, 3.05) is 28.4 Å². The quantitative estimate of drug-likeness (QED) is 0.372. The van der Waals surface area contributed by atoms with Crippen LogP contribution in [0.1, 0.15) is 33.7 Å². The van der Waals surface area contributed by atoms with E-state index < -0.39 is 22.8 Å². The molecule has 0 spiro atoms. The van der Waals surface area contributed by atoms with Crippen molar-refractivity contribution in [1.82, 2.24) is 4.98 Å². The lowest BCUT2D eigenvalue weighted by atomic mass is 9.80. The summed E-state index contributed by atoms with van der Waals surface area (Å²) in [6.07, 6.45) is -3.61. The van der Waals surface area contributed by atoms with Crippen LogP contribution in [0.4, 0.5) is 13.2 Å². The normalized spacial score (nSPS) is 12.3. The number of pyridine rings is 1. The molecule has 9 heteroatoms. The third kappa shape index (κ3) is 4.53. The summed E-state index contributed by atoms with van der Waals surface area (Å²) in [4.78, 5) is 3.72. The summed E-state index contributed by atoms with van der Waals surface area (Å²) in [5.74, 6) is -0.149. The Morgan fingerprint density at radius 3 is 1.97 bits per heavy atom. The highest BCUT2D eigenvalue weighted by molar-refractivity contribution is 6.30. The first kappa shape index (κ1) is 24.5. The average molecular weight is 482 g/mol. The molecule has 0 bridgehead atoms. The van der Waals surface area contributed by atoms with Gasteiger partial charge in [0, 0.05) is 17.0 Å². The lowest BCUT2D eigenvalue weighted by Crippen LogP contribution is -2.18. The molecule has 5 nitrogen and oxygen atoms in total. The zero-order valence-electron chi connectivity index (χ0n) is 18.7. The molecule has 3 aromatic rings. The number of nitrogens with zero attached hydrogens (tertiary/aromatic N) is 1. The van der Waals surface area contributed by atoms with Gasteiger partial charge in [-0.3, -0.25) is 0 Å². The van der Waals surface area contributed by atoms with Gasteiger partial charge < -0.3 is 18.9 Å². The molecule has 0 amide bonds. The highest BCUT2D eigenvalue weighted by Crippen LogP contribution is 2.52. The van der Waals surface area contributed by atoms with Crippen molar-refractivity contribution in [3.63, 3.8) is 0 Å². The number of aryl methyl sites for hydroxylation is 1. The fourth-order valence-electron chi connectivity index (χ4n) is 3.99. The van der Waals surface area contributed by atoms with Gasteiger partial charge in [0.25, 0.3) is 0 Å². The monoisotopic (exact) mass is 481 g/mol. The molecule has 0 N–H and O–H groups in total. The van der Waals surface area contributed by atoms with E-state index in [1.54, 1.807) is 43.3 Å². The second-order valence-corrected chi connectivity index (χ2v) is 7.48. The van der Waals surface area contributed by atoms with E-state index in [-0.39, 0.29) is 22.8 Å². The lowest BCUT2D eigenvalue weighted by molar-refractivity contribution is -0.138. The predicted molar refractivity (Wildman–Crippen MR) is 119 cm³/mol. The first-order valence-electron chi connectivity index (χ1n) is 9.83. The summed E-state index contributed by atoms with van der Waals surface area (Å²) < 4.78 is 64.9. The fraction of sp³-hybridized carbons (Fsp3) is 0.292. The van der Waals surface area contributed by atoms with Gasteiger partial charge in [0.15, 0.2) is 11.5 Å². The molecule has 33 heavy (non-hydrogen) atoms. The second kappa shape index (κ2) is 9.79. The van der Waals surface area contributed by atoms with Crippen LogP contribution in [-0.2, 0) is 6.18 Å².